The number of nitrogens with two attached hydrogens (primary N) is 1. The van der Waals surface area contributed by atoms with E-state index in [-0.39, 0.29) is 6.04 Å². The Bertz CT molecular complexity index is 379. The van der Waals surface area contributed by atoms with Gasteiger partial charge in [-0.1, -0.05) is 12.1 Å². The van der Waals surface area contributed by atoms with E-state index in [2.05, 4.69) is 0 Å². The third kappa shape index (κ3) is 3.73. The summed E-state index contributed by atoms with van der Waals surface area (Å²) in [5.74, 6) is 0.692. The zero-order valence-electron chi connectivity index (χ0n) is 10.2. The Morgan fingerprint density at radius 1 is 1.17 bits per heavy atom. The first kappa shape index (κ1) is 13.4. The predicted octanol–water partition coefficient (Wildman–Crippen LogP) is 3.77. The van der Waals surface area contributed by atoms with Crippen molar-refractivity contribution in [1.29, 1.82) is 0 Å². The average molecular weight is 257 g/mol. The highest BCUT2D eigenvalue weighted by Crippen LogP contribution is 2.33. The van der Waals surface area contributed by atoms with Gasteiger partial charge in [0.05, 0.1) is 5.56 Å². The van der Waals surface area contributed by atoms with Crippen molar-refractivity contribution in [3.8, 4) is 0 Å². The van der Waals surface area contributed by atoms with E-state index in [0.29, 0.717) is 5.92 Å². The highest BCUT2D eigenvalue weighted by Gasteiger charge is 2.30. The molecule has 1 saturated carbocycles. The minimum atomic E-state index is -4.24. The van der Waals surface area contributed by atoms with Crippen LogP contribution in [0.15, 0.2) is 24.3 Å². The molecule has 0 aromatic heterocycles. The lowest BCUT2D eigenvalue weighted by Crippen LogP contribution is -2.22. The van der Waals surface area contributed by atoms with Gasteiger partial charge in [0.15, 0.2) is 0 Å². The molecule has 1 aromatic rings. The SMILES string of the molecule is NC(CCCc1ccc(C(F)(F)F)cc1)C1CC1. The van der Waals surface area contributed by atoms with Crippen LogP contribution in [-0.2, 0) is 12.6 Å². The number of benzene rings is 1. The molecule has 1 atom stereocenters. The number of rotatable bonds is 5. The fourth-order valence-corrected chi connectivity index (χ4v) is 2.16. The second-order valence-electron chi connectivity index (χ2n) is 5.09. The number of hydrogen-bond donors (Lipinski definition) is 1. The van der Waals surface area contributed by atoms with Crippen molar-refractivity contribution >= 4 is 0 Å². The minimum absolute atomic E-state index is 0.277. The summed E-state index contributed by atoms with van der Waals surface area (Å²) in [6.07, 6.45) is 0.947. The molecule has 0 heterocycles. The molecule has 1 aliphatic carbocycles. The molecule has 2 rings (SSSR count). The van der Waals surface area contributed by atoms with Crippen LogP contribution < -0.4 is 5.73 Å². The smallest absolute Gasteiger partial charge is 0.327 e. The molecule has 1 unspecified atom stereocenters. The first-order valence-electron chi connectivity index (χ1n) is 6.38. The maximum absolute atomic E-state index is 12.4. The first-order valence-corrected chi connectivity index (χ1v) is 6.38. The van der Waals surface area contributed by atoms with E-state index < -0.39 is 11.7 Å². The van der Waals surface area contributed by atoms with E-state index in [1.807, 2.05) is 0 Å². The molecule has 1 aliphatic rings. The monoisotopic (exact) mass is 257 g/mol. The minimum Gasteiger partial charge on any atom is -0.327 e. The fourth-order valence-electron chi connectivity index (χ4n) is 2.16. The molecule has 1 aromatic carbocycles. The van der Waals surface area contributed by atoms with Crippen molar-refractivity contribution in [2.45, 2.75) is 44.3 Å². The predicted molar refractivity (Wildman–Crippen MR) is 65.1 cm³/mol. The molecular formula is C14H18F3N. The Morgan fingerprint density at radius 3 is 2.28 bits per heavy atom. The quantitative estimate of drug-likeness (QED) is 0.853. The standard InChI is InChI=1S/C14H18F3N/c15-14(16,17)12-8-4-10(5-9-12)2-1-3-13(18)11-6-7-11/h4-5,8-9,11,13H,1-3,6-7,18H2. The van der Waals surface area contributed by atoms with Crippen LogP contribution in [0.5, 0.6) is 0 Å². The van der Waals surface area contributed by atoms with Gasteiger partial charge in [-0.15, -0.1) is 0 Å². The lowest BCUT2D eigenvalue weighted by molar-refractivity contribution is -0.137. The first-order chi connectivity index (χ1) is 8.47. The van der Waals surface area contributed by atoms with Crippen LogP contribution in [-0.4, -0.2) is 6.04 Å². The Kier molecular flexibility index (Phi) is 3.95. The van der Waals surface area contributed by atoms with Gasteiger partial charge in [0.1, 0.15) is 0 Å². The summed E-state index contributed by atoms with van der Waals surface area (Å²) >= 11 is 0. The van der Waals surface area contributed by atoms with Gasteiger partial charge in [0.2, 0.25) is 0 Å². The molecule has 0 bridgehead atoms. The largest absolute Gasteiger partial charge is 0.416 e. The fraction of sp³-hybridized carbons (Fsp3) is 0.571. The third-order valence-corrected chi connectivity index (χ3v) is 3.51. The van der Waals surface area contributed by atoms with E-state index in [1.54, 1.807) is 12.1 Å². The van der Waals surface area contributed by atoms with Crippen molar-refractivity contribution in [3.05, 3.63) is 35.4 Å². The van der Waals surface area contributed by atoms with Crippen LogP contribution in [0.1, 0.15) is 36.8 Å². The summed E-state index contributed by atoms with van der Waals surface area (Å²) in [6.45, 7) is 0. The van der Waals surface area contributed by atoms with E-state index in [0.717, 1.165) is 37.0 Å². The molecule has 100 valence electrons. The number of halogens is 3. The van der Waals surface area contributed by atoms with Gasteiger partial charge in [0.25, 0.3) is 0 Å². The zero-order chi connectivity index (χ0) is 13.2. The van der Waals surface area contributed by atoms with Gasteiger partial charge in [-0.05, 0) is 55.7 Å². The summed E-state index contributed by atoms with van der Waals surface area (Å²) in [4.78, 5) is 0. The topological polar surface area (TPSA) is 26.0 Å². The Morgan fingerprint density at radius 2 is 1.78 bits per heavy atom. The van der Waals surface area contributed by atoms with Crippen molar-refractivity contribution < 1.29 is 13.2 Å². The summed E-state index contributed by atoms with van der Waals surface area (Å²) in [6, 6.07) is 5.70. The van der Waals surface area contributed by atoms with Gasteiger partial charge in [-0.25, -0.2) is 0 Å². The average Bonchev–Trinajstić information content (AvgIpc) is 3.12. The second kappa shape index (κ2) is 5.31. The molecule has 0 saturated heterocycles. The van der Waals surface area contributed by atoms with Crippen molar-refractivity contribution in [2.75, 3.05) is 0 Å². The normalized spacial score (nSPS) is 17.8. The van der Waals surface area contributed by atoms with Crippen LogP contribution in [0.2, 0.25) is 0 Å². The zero-order valence-corrected chi connectivity index (χ0v) is 10.2. The Labute approximate surface area is 105 Å². The third-order valence-electron chi connectivity index (χ3n) is 3.51. The maximum atomic E-state index is 12.4. The molecule has 1 fully saturated rings. The highest BCUT2D eigenvalue weighted by atomic mass is 19.4. The second-order valence-corrected chi connectivity index (χ2v) is 5.09. The summed E-state index contributed by atoms with van der Waals surface area (Å²) in [5, 5.41) is 0. The maximum Gasteiger partial charge on any atom is 0.416 e. The van der Waals surface area contributed by atoms with E-state index in [4.69, 9.17) is 5.73 Å². The number of alkyl halides is 3. The van der Waals surface area contributed by atoms with Crippen LogP contribution in [0.4, 0.5) is 13.2 Å². The molecular weight excluding hydrogens is 239 g/mol. The van der Waals surface area contributed by atoms with Crippen LogP contribution in [0, 0.1) is 5.92 Å². The molecule has 2 N–H and O–H groups in total. The molecule has 18 heavy (non-hydrogen) atoms. The lowest BCUT2D eigenvalue weighted by Gasteiger charge is -2.10. The van der Waals surface area contributed by atoms with E-state index in [1.165, 1.54) is 12.8 Å². The van der Waals surface area contributed by atoms with Crippen LogP contribution in [0.3, 0.4) is 0 Å². The van der Waals surface area contributed by atoms with Gasteiger partial charge >= 0.3 is 6.18 Å². The van der Waals surface area contributed by atoms with Gasteiger partial charge in [-0.3, -0.25) is 0 Å². The van der Waals surface area contributed by atoms with E-state index >= 15 is 0 Å². The summed E-state index contributed by atoms with van der Waals surface area (Å²) in [5.41, 5.74) is 6.34. The summed E-state index contributed by atoms with van der Waals surface area (Å²) in [7, 11) is 0. The molecule has 0 spiro atoms. The van der Waals surface area contributed by atoms with Gasteiger partial charge in [-0.2, -0.15) is 13.2 Å². The van der Waals surface area contributed by atoms with Gasteiger partial charge < -0.3 is 5.73 Å². The lowest BCUT2D eigenvalue weighted by atomic mass is 10.0. The summed E-state index contributed by atoms with van der Waals surface area (Å²) < 4.78 is 37.1. The van der Waals surface area contributed by atoms with E-state index in [9.17, 15) is 13.2 Å². The molecule has 1 nitrogen and oxygen atoms in total. The van der Waals surface area contributed by atoms with Crippen molar-refractivity contribution in [2.24, 2.45) is 11.7 Å². The Hall–Kier alpha value is -1.03. The number of hydrogen-bond acceptors (Lipinski definition) is 1. The highest BCUT2D eigenvalue weighted by molar-refractivity contribution is 5.24. The van der Waals surface area contributed by atoms with Crippen LogP contribution >= 0.6 is 0 Å². The van der Waals surface area contributed by atoms with Crippen LogP contribution in [0.25, 0.3) is 0 Å². The number of aryl methyl sites for hydroxylation is 1. The Balaban J connectivity index is 1.79. The molecule has 0 aliphatic heterocycles. The molecule has 0 radical (unpaired) electrons. The molecule has 4 heteroatoms. The molecule has 0 amide bonds. The van der Waals surface area contributed by atoms with Crippen molar-refractivity contribution in [3.63, 3.8) is 0 Å². The van der Waals surface area contributed by atoms with Gasteiger partial charge in [0, 0.05) is 6.04 Å². The van der Waals surface area contributed by atoms with Crippen molar-refractivity contribution in [1.82, 2.24) is 0 Å².